The van der Waals surface area contributed by atoms with Gasteiger partial charge in [0.2, 0.25) is 0 Å². The quantitative estimate of drug-likeness (QED) is 0.651. The zero-order valence-corrected chi connectivity index (χ0v) is 15.7. The van der Waals surface area contributed by atoms with Gasteiger partial charge in [-0.3, -0.25) is 9.59 Å². The molecule has 120 valence electrons. The van der Waals surface area contributed by atoms with Gasteiger partial charge in [0.25, 0.3) is 0 Å². The Labute approximate surface area is 156 Å². The van der Waals surface area contributed by atoms with Crippen LogP contribution in [0.25, 0.3) is 0 Å². The fraction of sp³-hybridized carbons (Fsp3) is 0.111. The Kier molecular flexibility index (Phi) is 5.16. The average molecular weight is 448 g/mol. The molecule has 1 saturated carbocycles. The van der Waals surface area contributed by atoms with Crippen LogP contribution in [-0.2, 0) is 9.59 Å². The van der Waals surface area contributed by atoms with Gasteiger partial charge in [-0.05, 0) is 48.5 Å². The van der Waals surface area contributed by atoms with Crippen LogP contribution in [0, 0.1) is 0 Å². The molecule has 0 aliphatic heterocycles. The Morgan fingerprint density at radius 3 is 1.29 bits per heavy atom. The van der Waals surface area contributed by atoms with E-state index in [1.165, 1.54) is 0 Å². The van der Waals surface area contributed by atoms with E-state index in [0.717, 1.165) is 8.95 Å². The molecule has 3 rings (SSSR count). The van der Waals surface area contributed by atoms with Gasteiger partial charge in [0.05, 0.1) is 35.6 Å². The maximum Gasteiger partial charge on any atom is 0.183 e. The molecule has 6 heteroatoms. The van der Waals surface area contributed by atoms with Gasteiger partial charge in [-0.15, -0.1) is 0 Å². The van der Waals surface area contributed by atoms with Gasteiger partial charge in [-0.1, -0.05) is 31.9 Å². The molecule has 0 amide bonds. The first kappa shape index (κ1) is 16.9. The topological polar surface area (TPSA) is 58.9 Å². The highest BCUT2D eigenvalue weighted by molar-refractivity contribution is 9.10. The largest absolute Gasteiger partial charge is 0.292 e. The van der Waals surface area contributed by atoms with E-state index in [-0.39, 0.29) is 35.8 Å². The minimum atomic E-state index is -0.159. The molecule has 0 saturated heterocycles. The van der Waals surface area contributed by atoms with Gasteiger partial charge in [0, 0.05) is 8.95 Å². The van der Waals surface area contributed by atoms with E-state index in [1.54, 1.807) is 24.3 Å². The number of Topliss-reactive ketones (excluding diaryl/α,β-unsaturated/α-hetero) is 2. The number of ketones is 2. The van der Waals surface area contributed by atoms with Crippen LogP contribution >= 0.6 is 31.9 Å². The zero-order valence-electron chi connectivity index (χ0n) is 12.5. The second-order valence-electron chi connectivity index (χ2n) is 5.27. The molecule has 0 N–H and O–H groups in total. The number of benzene rings is 2. The first-order chi connectivity index (χ1) is 11.5. The Bertz CT molecular complexity index is 780. The Morgan fingerprint density at radius 1 is 0.625 bits per heavy atom. The summed E-state index contributed by atoms with van der Waals surface area (Å²) in [7, 11) is 0. The minimum Gasteiger partial charge on any atom is -0.292 e. The molecular formula is C18H12Br2N2O2. The highest BCUT2D eigenvalue weighted by atomic mass is 79.9. The van der Waals surface area contributed by atoms with Gasteiger partial charge < -0.3 is 0 Å². The van der Waals surface area contributed by atoms with Crippen LogP contribution in [0.15, 0.2) is 67.5 Å². The van der Waals surface area contributed by atoms with Crippen molar-refractivity contribution in [1.82, 2.24) is 0 Å². The highest BCUT2D eigenvalue weighted by Crippen LogP contribution is 2.21. The van der Waals surface area contributed by atoms with Crippen molar-refractivity contribution in [2.24, 2.45) is 9.98 Å². The van der Waals surface area contributed by atoms with Crippen molar-refractivity contribution in [3.63, 3.8) is 0 Å². The van der Waals surface area contributed by atoms with Crippen molar-refractivity contribution in [3.8, 4) is 0 Å². The van der Waals surface area contributed by atoms with E-state index in [9.17, 15) is 9.59 Å². The van der Waals surface area contributed by atoms with Crippen LogP contribution in [0.1, 0.15) is 12.8 Å². The van der Waals surface area contributed by atoms with Crippen LogP contribution < -0.4 is 0 Å². The van der Waals surface area contributed by atoms with Crippen molar-refractivity contribution >= 4 is 66.2 Å². The van der Waals surface area contributed by atoms with Gasteiger partial charge in [-0.25, -0.2) is 9.98 Å². The van der Waals surface area contributed by atoms with E-state index in [4.69, 9.17) is 0 Å². The number of aliphatic imine (C=N–C) groups is 2. The highest BCUT2D eigenvalue weighted by Gasteiger charge is 2.28. The lowest BCUT2D eigenvalue weighted by molar-refractivity contribution is -0.116. The second kappa shape index (κ2) is 7.32. The number of rotatable bonds is 2. The zero-order chi connectivity index (χ0) is 17.1. The summed E-state index contributed by atoms with van der Waals surface area (Å²) in [4.78, 5) is 33.2. The molecule has 0 heterocycles. The van der Waals surface area contributed by atoms with Crippen LogP contribution in [-0.4, -0.2) is 23.0 Å². The number of carbonyl (C=O) groups excluding carboxylic acids is 2. The van der Waals surface area contributed by atoms with Crippen molar-refractivity contribution in [2.45, 2.75) is 12.8 Å². The fourth-order valence-electron chi connectivity index (χ4n) is 2.25. The van der Waals surface area contributed by atoms with E-state index >= 15 is 0 Å². The third-order valence-electron chi connectivity index (χ3n) is 3.48. The Morgan fingerprint density at radius 2 is 0.958 bits per heavy atom. The van der Waals surface area contributed by atoms with E-state index in [1.807, 2.05) is 24.3 Å². The lowest BCUT2D eigenvalue weighted by atomic mass is 9.93. The van der Waals surface area contributed by atoms with Gasteiger partial charge in [0.15, 0.2) is 11.6 Å². The standard InChI is InChI=1S/C18H12Br2N2O2/c19-11-1-5-13(6-2-11)21-15-9-18(24)16(10-17(15)23)22-14-7-3-12(20)4-8-14/h1-8H,9-10H2. The lowest BCUT2D eigenvalue weighted by Crippen LogP contribution is -2.32. The molecule has 1 aliphatic rings. The number of nitrogens with zero attached hydrogens (tertiary/aromatic N) is 2. The normalized spacial score (nSPS) is 18.4. The number of carbonyl (C=O) groups is 2. The lowest BCUT2D eigenvalue weighted by Gasteiger charge is -2.13. The van der Waals surface area contributed by atoms with Crippen molar-refractivity contribution in [1.29, 1.82) is 0 Å². The van der Waals surface area contributed by atoms with Crippen molar-refractivity contribution < 1.29 is 9.59 Å². The molecule has 0 atom stereocenters. The molecule has 0 unspecified atom stereocenters. The monoisotopic (exact) mass is 446 g/mol. The van der Waals surface area contributed by atoms with Crippen LogP contribution in [0.3, 0.4) is 0 Å². The van der Waals surface area contributed by atoms with Crippen LogP contribution in [0.5, 0.6) is 0 Å². The molecule has 2 aromatic rings. The summed E-state index contributed by atoms with van der Waals surface area (Å²) in [6, 6.07) is 14.5. The summed E-state index contributed by atoms with van der Waals surface area (Å²) in [5, 5.41) is 0. The molecule has 1 aliphatic carbocycles. The molecule has 2 aromatic carbocycles. The Balaban J connectivity index is 1.81. The third-order valence-corrected chi connectivity index (χ3v) is 4.54. The number of hydrogen-bond donors (Lipinski definition) is 0. The second-order valence-corrected chi connectivity index (χ2v) is 7.10. The van der Waals surface area contributed by atoms with E-state index < -0.39 is 0 Å². The molecule has 0 spiro atoms. The van der Waals surface area contributed by atoms with Gasteiger partial charge in [-0.2, -0.15) is 0 Å². The molecule has 0 radical (unpaired) electrons. The van der Waals surface area contributed by atoms with Crippen molar-refractivity contribution in [3.05, 3.63) is 57.5 Å². The average Bonchev–Trinajstić information content (AvgIpc) is 2.56. The maximum atomic E-state index is 12.3. The Hall–Kier alpha value is -1.92. The van der Waals surface area contributed by atoms with Crippen LogP contribution in [0.2, 0.25) is 0 Å². The minimum absolute atomic E-state index is 0.00966. The predicted molar refractivity (Wildman–Crippen MR) is 102 cm³/mol. The summed E-state index contributed by atoms with van der Waals surface area (Å²) < 4.78 is 1.86. The summed E-state index contributed by atoms with van der Waals surface area (Å²) in [5.41, 5.74) is 1.89. The molecule has 24 heavy (non-hydrogen) atoms. The molecule has 1 fully saturated rings. The smallest absolute Gasteiger partial charge is 0.183 e. The molecular weight excluding hydrogens is 436 g/mol. The number of hydrogen-bond acceptors (Lipinski definition) is 4. The maximum absolute atomic E-state index is 12.3. The fourth-order valence-corrected chi connectivity index (χ4v) is 2.78. The van der Waals surface area contributed by atoms with Crippen molar-refractivity contribution in [2.75, 3.05) is 0 Å². The first-order valence-electron chi connectivity index (χ1n) is 7.24. The summed E-state index contributed by atoms with van der Waals surface area (Å²) in [6.07, 6.45) is -0.0193. The molecule has 4 nitrogen and oxygen atoms in total. The van der Waals surface area contributed by atoms with Crippen LogP contribution in [0.4, 0.5) is 11.4 Å². The van der Waals surface area contributed by atoms with E-state index in [2.05, 4.69) is 41.8 Å². The SMILES string of the molecule is O=C1CC(=Nc2ccc(Br)cc2)C(=O)CC1=Nc1ccc(Br)cc1. The number of halogens is 2. The summed E-state index contributed by atoms with van der Waals surface area (Å²) in [5.74, 6) is -0.318. The summed E-state index contributed by atoms with van der Waals surface area (Å²) in [6.45, 7) is 0. The van der Waals surface area contributed by atoms with E-state index in [0.29, 0.717) is 11.4 Å². The summed E-state index contributed by atoms with van der Waals surface area (Å²) >= 11 is 6.70. The molecule has 0 bridgehead atoms. The van der Waals surface area contributed by atoms with Gasteiger partial charge in [0.1, 0.15) is 0 Å². The predicted octanol–water partition coefficient (Wildman–Crippen LogP) is 4.99. The van der Waals surface area contributed by atoms with Gasteiger partial charge >= 0.3 is 0 Å². The first-order valence-corrected chi connectivity index (χ1v) is 8.82. The third kappa shape index (κ3) is 4.13. The molecule has 0 aromatic heterocycles.